The van der Waals surface area contributed by atoms with Gasteiger partial charge in [-0.05, 0) is 26.3 Å². The molecule has 0 aromatic rings. The minimum Gasteiger partial charge on any atom is -0.377 e. The molecular formula is C12H24N2O. The summed E-state index contributed by atoms with van der Waals surface area (Å²) in [5.41, 5.74) is 0. The Morgan fingerprint density at radius 3 is 3.07 bits per heavy atom. The van der Waals surface area contributed by atoms with E-state index in [2.05, 4.69) is 23.8 Å². The van der Waals surface area contributed by atoms with E-state index in [4.69, 9.17) is 4.74 Å². The first-order chi connectivity index (χ1) is 7.33. The summed E-state index contributed by atoms with van der Waals surface area (Å²) in [7, 11) is 2.16. The van der Waals surface area contributed by atoms with E-state index < -0.39 is 0 Å². The van der Waals surface area contributed by atoms with E-state index in [0.717, 1.165) is 32.8 Å². The van der Waals surface area contributed by atoms with Crippen molar-refractivity contribution in [2.24, 2.45) is 0 Å². The lowest BCUT2D eigenvalue weighted by Crippen LogP contribution is -2.37. The zero-order valence-electron chi connectivity index (χ0n) is 9.87. The van der Waals surface area contributed by atoms with Crippen molar-refractivity contribution in [1.82, 2.24) is 10.2 Å². The number of ether oxygens (including phenoxy) is 1. The molecule has 1 rings (SSSR count). The average Bonchev–Trinajstić information content (AvgIpc) is 2.26. The van der Waals surface area contributed by atoms with Crippen molar-refractivity contribution in [2.75, 3.05) is 39.8 Å². The fourth-order valence-corrected chi connectivity index (χ4v) is 1.86. The molecule has 1 unspecified atom stereocenters. The van der Waals surface area contributed by atoms with Gasteiger partial charge in [-0.25, -0.2) is 0 Å². The van der Waals surface area contributed by atoms with Gasteiger partial charge >= 0.3 is 0 Å². The lowest BCUT2D eigenvalue weighted by Gasteiger charge is -2.27. The molecule has 1 atom stereocenters. The number of likely N-dealkylation sites (N-methyl/N-ethyl adjacent to an activating group) is 1. The largest absolute Gasteiger partial charge is 0.377 e. The lowest BCUT2D eigenvalue weighted by molar-refractivity contribution is -0.00119. The van der Waals surface area contributed by atoms with Crippen molar-refractivity contribution in [1.29, 1.82) is 0 Å². The van der Waals surface area contributed by atoms with Crippen LogP contribution in [0.5, 0.6) is 0 Å². The fourth-order valence-electron chi connectivity index (χ4n) is 1.86. The van der Waals surface area contributed by atoms with E-state index in [1.165, 1.54) is 19.3 Å². The van der Waals surface area contributed by atoms with Gasteiger partial charge in [0.25, 0.3) is 0 Å². The third-order valence-electron chi connectivity index (χ3n) is 2.75. The molecule has 1 N–H and O–H groups in total. The zero-order chi connectivity index (χ0) is 10.9. The van der Waals surface area contributed by atoms with Crippen LogP contribution < -0.4 is 5.32 Å². The van der Waals surface area contributed by atoms with Gasteiger partial charge in [0.2, 0.25) is 0 Å². The molecule has 1 aliphatic rings. The van der Waals surface area contributed by atoms with Crippen LogP contribution in [0, 0.1) is 0 Å². The monoisotopic (exact) mass is 212 g/mol. The first kappa shape index (κ1) is 12.7. The van der Waals surface area contributed by atoms with Gasteiger partial charge in [-0.2, -0.15) is 0 Å². The number of hydrogen-bond acceptors (Lipinski definition) is 3. The number of rotatable bonds is 7. The van der Waals surface area contributed by atoms with Crippen molar-refractivity contribution >= 4 is 0 Å². The first-order valence-electron chi connectivity index (χ1n) is 5.94. The van der Waals surface area contributed by atoms with E-state index in [1.807, 2.05) is 6.08 Å². The normalized spacial score (nSPS) is 21.9. The van der Waals surface area contributed by atoms with E-state index in [-0.39, 0.29) is 0 Å². The Morgan fingerprint density at radius 2 is 2.40 bits per heavy atom. The molecule has 0 aromatic heterocycles. The smallest absolute Gasteiger partial charge is 0.0701 e. The van der Waals surface area contributed by atoms with Crippen LogP contribution >= 0.6 is 0 Å². The molecule has 1 heterocycles. The van der Waals surface area contributed by atoms with E-state index in [0.29, 0.717) is 6.10 Å². The summed E-state index contributed by atoms with van der Waals surface area (Å²) in [4.78, 5) is 2.34. The summed E-state index contributed by atoms with van der Waals surface area (Å²) >= 11 is 0. The Balaban J connectivity index is 2.01. The van der Waals surface area contributed by atoms with E-state index >= 15 is 0 Å². The molecule has 1 fully saturated rings. The quantitative estimate of drug-likeness (QED) is 0.508. The average molecular weight is 212 g/mol. The Hall–Kier alpha value is -0.380. The van der Waals surface area contributed by atoms with Crippen molar-refractivity contribution in [3.63, 3.8) is 0 Å². The van der Waals surface area contributed by atoms with E-state index in [9.17, 15) is 0 Å². The molecule has 0 aromatic carbocycles. The van der Waals surface area contributed by atoms with Crippen LogP contribution in [0.1, 0.15) is 19.3 Å². The maximum absolute atomic E-state index is 5.70. The van der Waals surface area contributed by atoms with Gasteiger partial charge in [-0.3, -0.25) is 0 Å². The second-order valence-corrected chi connectivity index (χ2v) is 4.24. The number of hydrogen-bond donors (Lipinski definition) is 1. The third kappa shape index (κ3) is 5.92. The molecule has 0 amide bonds. The minimum absolute atomic E-state index is 0.461. The Kier molecular flexibility index (Phi) is 6.64. The molecule has 0 radical (unpaired) electrons. The molecule has 0 aliphatic carbocycles. The molecule has 15 heavy (non-hydrogen) atoms. The van der Waals surface area contributed by atoms with Crippen LogP contribution in [0.25, 0.3) is 0 Å². The van der Waals surface area contributed by atoms with Gasteiger partial charge in [0.1, 0.15) is 0 Å². The second-order valence-electron chi connectivity index (χ2n) is 4.24. The third-order valence-corrected chi connectivity index (χ3v) is 2.75. The Morgan fingerprint density at radius 1 is 1.53 bits per heavy atom. The van der Waals surface area contributed by atoms with Gasteiger partial charge in [0, 0.05) is 32.8 Å². The zero-order valence-corrected chi connectivity index (χ0v) is 9.87. The highest BCUT2D eigenvalue weighted by Gasteiger charge is 2.15. The number of nitrogens with one attached hydrogen (secondary N) is 1. The van der Waals surface area contributed by atoms with Crippen molar-refractivity contribution in [2.45, 2.75) is 25.4 Å². The van der Waals surface area contributed by atoms with Crippen LogP contribution in [-0.2, 0) is 4.74 Å². The van der Waals surface area contributed by atoms with Crippen LogP contribution in [0.15, 0.2) is 12.7 Å². The summed E-state index contributed by atoms with van der Waals surface area (Å²) in [6.45, 7) is 8.69. The van der Waals surface area contributed by atoms with Crippen molar-refractivity contribution in [3.05, 3.63) is 12.7 Å². The van der Waals surface area contributed by atoms with E-state index in [1.54, 1.807) is 0 Å². The summed E-state index contributed by atoms with van der Waals surface area (Å²) in [5, 5.41) is 3.30. The van der Waals surface area contributed by atoms with Crippen molar-refractivity contribution in [3.8, 4) is 0 Å². The topological polar surface area (TPSA) is 24.5 Å². The fraction of sp³-hybridized carbons (Fsp3) is 0.833. The van der Waals surface area contributed by atoms with Gasteiger partial charge in [-0.15, -0.1) is 6.58 Å². The predicted octanol–water partition coefficient (Wildman–Crippen LogP) is 1.26. The molecule has 0 bridgehead atoms. The molecular weight excluding hydrogens is 188 g/mol. The second kappa shape index (κ2) is 7.85. The maximum Gasteiger partial charge on any atom is 0.0701 e. The lowest BCUT2D eigenvalue weighted by atomic mass is 10.1. The van der Waals surface area contributed by atoms with Crippen LogP contribution in [0.4, 0.5) is 0 Å². The standard InChI is InChI=1S/C12H24N2O/c1-3-7-13-8-9-14(2)11-12-6-4-5-10-15-12/h3,12-13H,1,4-11H2,2H3. The molecule has 1 saturated heterocycles. The highest BCUT2D eigenvalue weighted by atomic mass is 16.5. The predicted molar refractivity (Wildman–Crippen MR) is 64.2 cm³/mol. The van der Waals surface area contributed by atoms with Gasteiger partial charge < -0.3 is 15.0 Å². The highest BCUT2D eigenvalue weighted by Crippen LogP contribution is 2.12. The molecule has 0 saturated carbocycles. The molecule has 0 spiro atoms. The summed E-state index contributed by atoms with van der Waals surface area (Å²) in [5.74, 6) is 0. The Labute approximate surface area is 93.5 Å². The minimum atomic E-state index is 0.461. The highest BCUT2D eigenvalue weighted by molar-refractivity contribution is 4.71. The van der Waals surface area contributed by atoms with Crippen LogP contribution in [-0.4, -0.2) is 50.8 Å². The summed E-state index contributed by atoms with van der Waals surface area (Å²) < 4.78 is 5.70. The first-order valence-corrected chi connectivity index (χ1v) is 5.94. The Bertz CT molecular complexity index is 167. The molecule has 3 nitrogen and oxygen atoms in total. The number of nitrogens with zero attached hydrogens (tertiary/aromatic N) is 1. The van der Waals surface area contributed by atoms with Gasteiger partial charge in [0.05, 0.1) is 6.10 Å². The SMILES string of the molecule is C=CCNCCN(C)CC1CCCCO1. The van der Waals surface area contributed by atoms with Crippen molar-refractivity contribution < 1.29 is 4.74 Å². The summed E-state index contributed by atoms with van der Waals surface area (Å²) in [6, 6.07) is 0. The molecule has 1 aliphatic heterocycles. The van der Waals surface area contributed by atoms with Gasteiger partial charge in [-0.1, -0.05) is 6.08 Å². The maximum atomic E-state index is 5.70. The molecule has 88 valence electrons. The molecule has 3 heteroatoms. The van der Waals surface area contributed by atoms with Gasteiger partial charge in [0.15, 0.2) is 0 Å². The summed E-state index contributed by atoms with van der Waals surface area (Å²) in [6.07, 6.45) is 6.14. The van der Waals surface area contributed by atoms with Crippen LogP contribution in [0.2, 0.25) is 0 Å². The van der Waals surface area contributed by atoms with Crippen LogP contribution in [0.3, 0.4) is 0 Å².